The van der Waals surface area contributed by atoms with E-state index >= 15 is 0 Å². The highest BCUT2D eigenvalue weighted by Gasteiger charge is 1.81. The monoisotopic (exact) mass is 106 g/mol. The maximum Gasteiger partial charge on any atom is 0.305 e. The van der Waals surface area contributed by atoms with E-state index in [0.29, 0.717) is 0 Å². The molecule has 36 valence electrons. The Morgan fingerprint density at radius 2 is 2.33 bits per heavy atom. The van der Waals surface area contributed by atoms with Crippen LogP contribution in [-0.2, 0) is 9.32 Å². The third kappa shape index (κ3) is 3.90. The van der Waals surface area contributed by atoms with Crippen molar-refractivity contribution in [1.29, 1.82) is 0 Å². The standard InChI is InChI=1S/C3H7O2P/c1-3(4)5-6-2/h6H,1-2H3. The summed E-state index contributed by atoms with van der Waals surface area (Å²) in [4.78, 5) is 9.83. The van der Waals surface area contributed by atoms with Crippen molar-refractivity contribution in [3.8, 4) is 0 Å². The highest BCUT2D eigenvalue weighted by atomic mass is 31.1. The van der Waals surface area contributed by atoms with Crippen LogP contribution in [0.5, 0.6) is 0 Å². The Bertz CT molecular complexity index is 52.8. The fourth-order valence-electron chi connectivity index (χ4n) is 0.144. The second-order valence-electron chi connectivity index (χ2n) is 0.798. The zero-order valence-electron chi connectivity index (χ0n) is 3.82. The number of hydrogen-bond donors (Lipinski definition) is 0. The summed E-state index contributed by atoms with van der Waals surface area (Å²) in [6, 6.07) is 0. The first-order valence-electron chi connectivity index (χ1n) is 1.61. The van der Waals surface area contributed by atoms with Crippen LogP contribution in [0.3, 0.4) is 0 Å². The van der Waals surface area contributed by atoms with Crippen molar-refractivity contribution in [2.24, 2.45) is 0 Å². The van der Waals surface area contributed by atoms with E-state index < -0.39 is 0 Å². The molecule has 0 fully saturated rings. The van der Waals surface area contributed by atoms with Crippen LogP contribution in [0.15, 0.2) is 0 Å². The van der Waals surface area contributed by atoms with Crippen LogP contribution in [0.25, 0.3) is 0 Å². The van der Waals surface area contributed by atoms with Crippen molar-refractivity contribution in [1.82, 2.24) is 0 Å². The molecule has 3 heteroatoms. The summed E-state index contributed by atoms with van der Waals surface area (Å²) in [5, 5.41) is 0. The van der Waals surface area contributed by atoms with Crippen LogP contribution in [0.4, 0.5) is 0 Å². The second-order valence-corrected chi connectivity index (χ2v) is 1.41. The van der Waals surface area contributed by atoms with Crippen LogP contribution in [0.1, 0.15) is 6.92 Å². The summed E-state index contributed by atoms with van der Waals surface area (Å²) in [6.07, 6.45) is 0. The van der Waals surface area contributed by atoms with E-state index in [1.807, 2.05) is 0 Å². The SMILES string of the molecule is CPOC(C)=O. The molecule has 2 nitrogen and oxygen atoms in total. The Balaban J connectivity index is 2.83. The summed E-state index contributed by atoms with van der Waals surface area (Å²) >= 11 is 0. The Morgan fingerprint density at radius 1 is 1.83 bits per heavy atom. The molecule has 0 saturated carbocycles. The van der Waals surface area contributed by atoms with Gasteiger partial charge in [-0.1, -0.05) is 0 Å². The largest absolute Gasteiger partial charge is 0.449 e. The van der Waals surface area contributed by atoms with Gasteiger partial charge in [0.1, 0.15) is 0 Å². The molecule has 0 N–H and O–H groups in total. The third-order valence-electron chi connectivity index (χ3n) is 0.246. The van der Waals surface area contributed by atoms with E-state index in [1.165, 1.54) is 6.92 Å². The van der Waals surface area contributed by atoms with Gasteiger partial charge in [0.25, 0.3) is 0 Å². The Hall–Kier alpha value is -0.100. The van der Waals surface area contributed by atoms with Gasteiger partial charge in [-0.3, -0.25) is 4.79 Å². The van der Waals surface area contributed by atoms with Gasteiger partial charge in [0.05, 0.1) is 8.81 Å². The van der Waals surface area contributed by atoms with Crippen molar-refractivity contribution in [3.63, 3.8) is 0 Å². The van der Waals surface area contributed by atoms with E-state index in [-0.39, 0.29) is 14.8 Å². The van der Waals surface area contributed by atoms with E-state index in [9.17, 15) is 4.79 Å². The molecule has 1 atom stereocenters. The lowest BCUT2D eigenvalue weighted by molar-refractivity contribution is -0.130. The molecule has 0 radical (unpaired) electrons. The van der Waals surface area contributed by atoms with E-state index in [1.54, 1.807) is 6.66 Å². The molecule has 0 aromatic carbocycles. The lowest BCUT2D eigenvalue weighted by atomic mass is 10.9. The lowest BCUT2D eigenvalue weighted by Gasteiger charge is -1.88. The number of carbonyl (C=O) groups excluding carboxylic acids is 1. The van der Waals surface area contributed by atoms with Gasteiger partial charge in [-0.05, 0) is 6.66 Å². The average Bonchev–Trinajstić information content (AvgIpc) is 1.35. The van der Waals surface area contributed by atoms with E-state index in [2.05, 4.69) is 4.52 Å². The summed E-state index contributed by atoms with van der Waals surface area (Å²) in [7, 11) is 0.289. The van der Waals surface area contributed by atoms with Gasteiger partial charge in [0.2, 0.25) is 0 Å². The summed E-state index contributed by atoms with van der Waals surface area (Å²) < 4.78 is 4.43. The van der Waals surface area contributed by atoms with E-state index in [4.69, 9.17) is 0 Å². The van der Waals surface area contributed by atoms with Crippen LogP contribution in [0, 0.1) is 0 Å². The molecule has 0 heterocycles. The quantitative estimate of drug-likeness (QED) is 0.461. The van der Waals surface area contributed by atoms with E-state index in [0.717, 1.165) is 0 Å². The lowest BCUT2D eigenvalue weighted by Crippen LogP contribution is -1.84. The van der Waals surface area contributed by atoms with Gasteiger partial charge in [-0.15, -0.1) is 0 Å². The number of hydrogen-bond acceptors (Lipinski definition) is 2. The first-order chi connectivity index (χ1) is 2.77. The van der Waals surface area contributed by atoms with Crippen LogP contribution >= 0.6 is 8.81 Å². The number of rotatable bonds is 1. The van der Waals surface area contributed by atoms with Gasteiger partial charge < -0.3 is 4.52 Å². The van der Waals surface area contributed by atoms with Gasteiger partial charge in [0, 0.05) is 6.92 Å². The molecule has 1 unspecified atom stereocenters. The maximum absolute atomic E-state index is 9.83. The summed E-state index contributed by atoms with van der Waals surface area (Å²) in [6.45, 7) is 3.21. The van der Waals surface area contributed by atoms with Crippen molar-refractivity contribution in [2.45, 2.75) is 6.92 Å². The fourth-order valence-corrected chi connectivity index (χ4v) is 0.431. The summed E-state index contributed by atoms with van der Waals surface area (Å²) in [5.41, 5.74) is 0. The van der Waals surface area contributed by atoms with Crippen molar-refractivity contribution in [2.75, 3.05) is 6.66 Å². The topological polar surface area (TPSA) is 26.3 Å². The fraction of sp³-hybridized carbons (Fsp3) is 0.667. The van der Waals surface area contributed by atoms with Gasteiger partial charge in [-0.2, -0.15) is 0 Å². The first-order valence-corrected chi connectivity index (χ1v) is 3.02. The minimum absolute atomic E-state index is 0.198. The zero-order chi connectivity index (χ0) is 4.99. The molecule has 0 saturated heterocycles. The molecule has 0 aromatic heterocycles. The highest BCUT2D eigenvalue weighted by Crippen LogP contribution is 2.02. The molecule has 0 aliphatic carbocycles. The normalized spacial score (nSPS) is 9.67. The molecule has 0 aliphatic rings. The Kier molecular flexibility index (Phi) is 3.05. The predicted molar refractivity (Wildman–Crippen MR) is 26.0 cm³/mol. The maximum atomic E-state index is 9.83. The van der Waals surface area contributed by atoms with Crippen LogP contribution in [-0.4, -0.2) is 12.6 Å². The Labute approximate surface area is 38.7 Å². The van der Waals surface area contributed by atoms with Crippen molar-refractivity contribution < 1.29 is 9.32 Å². The molecule has 0 rings (SSSR count). The smallest absolute Gasteiger partial charge is 0.305 e. The van der Waals surface area contributed by atoms with Gasteiger partial charge in [0.15, 0.2) is 0 Å². The highest BCUT2D eigenvalue weighted by molar-refractivity contribution is 7.31. The van der Waals surface area contributed by atoms with Crippen molar-refractivity contribution >= 4 is 14.8 Å². The molecule has 0 bridgehead atoms. The average molecular weight is 106 g/mol. The minimum atomic E-state index is -0.198. The zero-order valence-corrected chi connectivity index (χ0v) is 4.82. The molecular formula is C3H7O2P. The summed E-state index contributed by atoms with van der Waals surface area (Å²) in [5.74, 6) is -0.198. The van der Waals surface area contributed by atoms with Gasteiger partial charge in [-0.25, -0.2) is 0 Å². The first kappa shape index (κ1) is 5.90. The molecule has 0 spiro atoms. The molecule has 0 aliphatic heterocycles. The Morgan fingerprint density at radius 3 is 2.33 bits per heavy atom. The van der Waals surface area contributed by atoms with Crippen LogP contribution < -0.4 is 0 Å². The number of carbonyl (C=O) groups is 1. The third-order valence-corrected chi connectivity index (χ3v) is 0.737. The van der Waals surface area contributed by atoms with Crippen molar-refractivity contribution in [3.05, 3.63) is 0 Å². The van der Waals surface area contributed by atoms with Crippen LogP contribution in [0.2, 0.25) is 0 Å². The molecule has 6 heavy (non-hydrogen) atoms. The molecule has 0 amide bonds. The molecular weight excluding hydrogens is 99.0 g/mol. The second kappa shape index (κ2) is 3.10. The van der Waals surface area contributed by atoms with Gasteiger partial charge >= 0.3 is 5.97 Å². The predicted octanol–water partition coefficient (Wildman–Crippen LogP) is 0.773. The minimum Gasteiger partial charge on any atom is -0.449 e. The molecule has 0 aromatic rings.